The zero-order valence-electron chi connectivity index (χ0n) is 19.2. The fourth-order valence-electron chi connectivity index (χ4n) is 4.08. The normalized spacial score (nSPS) is 20.3. The Morgan fingerprint density at radius 3 is 2.77 bits per heavy atom. The van der Waals surface area contributed by atoms with Crippen molar-refractivity contribution in [1.82, 2.24) is 10.2 Å². The molecule has 0 bridgehead atoms. The molecule has 2 heterocycles. The van der Waals surface area contributed by atoms with Gasteiger partial charge >= 0.3 is 0 Å². The number of hydrogen-bond donors (Lipinski definition) is 1. The Kier molecular flexibility index (Phi) is 12.6. The number of guanidine groups is 1. The first-order valence-corrected chi connectivity index (χ1v) is 11.7. The third-order valence-corrected chi connectivity index (χ3v) is 5.81. The van der Waals surface area contributed by atoms with E-state index in [-0.39, 0.29) is 24.0 Å². The zero-order chi connectivity index (χ0) is 21.0. The van der Waals surface area contributed by atoms with E-state index in [0.29, 0.717) is 12.2 Å². The lowest BCUT2D eigenvalue weighted by Gasteiger charge is -2.35. The smallest absolute Gasteiger partial charge is 0.193 e. The molecule has 2 aliphatic rings. The standard InChI is InChI=1S/C24H39N3O3.HI/c1-3-16-28-22-9-6-7-20(18-22)10-13-26-24(25-2)27-14-11-21(12-15-27)30-19-23-8-4-5-17-29-23;/h6-7,9,18,21,23H,3-5,8,10-17,19H2,1-2H3,(H,25,26);1H. The molecule has 1 aromatic rings. The Labute approximate surface area is 205 Å². The molecule has 0 amide bonds. The molecule has 1 aromatic carbocycles. The zero-order valence-corrected chi connectivity index (χ0v) is 21.5. The van der Waals surface area contributed by atoms with Gasteiger partial charge in [0.25, 0.3) is 0 Å². The molecule has 0 aromatic heterocycles. The third-order valence-electron chi connectivity index (χ3n) is 5.81. The largest absolute Gasteiger partial charge is 0.494 e. The van der Waals surface area contributed by atoms with Crippen molar-refractivity contribution in [2.24, 2.45) is 4.99 Å². The predicted octanol–water partition coefficient (Wildman–Crippen LogP) is 4.26. The van der Waals surface area contributed by atoms with E-state index < -0.39 is 0 Å². The van der Waals surface area contributed by atoms with Crippen LogP contribution in [-0.4, -0.2) is 69.6 Å². The SMILES string of the molecule is CCCOc1cccc(CCNC(=NC)N2CCC(OCC3CCCCO3)CC2)c1.I. The van der Waals surface area contributed by atoms with Gasteiger partial charge in [-0.25, -0.2) is 0 Å². The number of nitrogens with one attached hydrogen (secondary N) is 1. The molecule has 0 saturated carbocycles. The van der Waals surface area contributed by atoms with Crippen LogP contribution in [0.2, 0.25) is 0 Å². The first-order chi connectivity index (χ1) is 14.8. The van der Waals surface area contributed by atoms with E-state index in [1.54, 1.807) is 0 Å². The average molecular weight is 546 g/mol. The highest BCUT2D eigenvalue weighted by Gasteiger charge is 2.23. The molecule has 6 nitrogen and oxygen atoms in total. The fraction of sp³-hybridized carbons (Fsp3) is 0.708. The van der Waals surface area contributed by atoms with Gasteiger partial charge in [0.2, 0.25) is 0 Å². The Morgan fingerprint density at radius 2 is 2.06 bits per heavy atom. The van der Waals surface area contributed by atoms with Gasteiger partial charge in [0.15, 0.2) is 5.96 Å². The summed E-state index contributed by atoms with van der Waals surface area (Å²) in [5.41, 5.74) is 1.28. The van der Waals surface area contributed by atoms with E-state index in [4.69, 9.17) is 14.2 Å². The summed E-state index contributed by atoms with van der Waals surface area (Å²) in [5.74, 6) is 1.95. The molecule has 2 saturated heterocycles. The summed E-state index contributed by atoms with van der Waals surface area (Å²) in [6.07, 6.45) is 8.32. The highest BCUT2D eigenvalue weighted by molar-refractivity contribution is 14.0. The van der Waals surface area contributed by atoms with Crippen LogP contribution >= 0.6 is 24.0 Å². The molecular weight excluding hydrogens is 505 g/mol. The summed E-state index contributed by atoms with van der Waals surface area (Å²) in [6.45, 7) is 7.36. The number of piperidine rings is 1. The number of halogens is 1. The first-order valence-electron chi connectivity index (χ1n) is 11.7. The van der Waals surface area contributed by atoms with Crippen LogP contribution in [-0.2, 0) is 15.9 Å². The molecule has 1 unspecified atom stereocenters. The molecule has 0 spiro atoms. The van der Waals surface area contributed by atoms with Gasteiger partial charge in [-0.1, -0.05) is 19.1 Å². The number of rotatable bonds is 9. The molecule has 0 radical (unpaired) electrons. The lowest BCUT2D eigenvalue weighted by molar-refractivity contribution is -0.0721. The Morgan fingerprint density at radius 1 is 1.23 bits per heavy atom. The second-order valence-corrected chi connectivity index (χ2v) is 8.23. The van der Waals surface area contributed by atoms with Crippen molar-refractivity contribution >= 4 is 29.9 Å². The van der Waals surface area contributed by atoms with Gasteiger partial charge in [0, 0.05) is 33.3 Å². The van der Waals surface area contributed by atoms with Gasteiger partial charge in [0.1, 0.15) is 5.75 Å². The van der Waals surface area contributed by atoms with Crippen molar-refractivity contribution in [3.63, 3.8) is 0 Å². The van der Waals surface area contributed by atoms with Crippen LogP contribution in [0.5, 0.6) is 5.75 Å². The van der Waals surface area contributed by atoms with Crippen molar-refractivity contribution in [1.29, 1.82) is 0 Å². The van der Waals surface area contributed by atoms with E-state index in [9.17, 15) is 0 Å². The summed E-state index contributed by atoms with van der Waals surface area (Å²) in [6, 6.07) is 8.39. The molecule has 31 heavy (non-hydrogen) atoms. The van der Waals surface area contributed by atoms with Crippen LogP contribution in [0.3, 0.4) is 0 Å². The van der Waals surface area contributed by atoms with Crippen molar-refractivity contribution < 1.29 is 14.2 Å². The maximum Gasteiger partial charge on any atom is 0.193 e. The summed E-state index contributed by atoms with van der Waals surface area (Å²) in [7, 11) is 1.87. The maximum atomic E-state index is 6.14. The maximum absolute atomic E-state index is 6.14. The van der Waals surface area contributed by atoms with Crippen LogP contribution in [0.4, 0.5) is 0 Å². The van der Waals surface area contributed by atoms with E-state index in [0.717, 1.165) is 83.3 Å². The molecule has 1 N–H and O–H groups in total. The monoisotopic (exact) mass is 545 g/mol. The van der Waals surface area contributed by atoms with Gasteiger partial charge in [-0.05, 0) is 62.6 Å². The molecule has 2 aliphatic heterocycles. The summed E-state index contributed by atoms with van der Waals surface area (Å²) in [5, 5.41) is 3.52. The van der Waals surface area contributed by atoms with Crippen LogP contribution < -0.4 is 10.1 Å². The molecular formula is C24H40IN3O3. The average Bonchev–Trinajstić information content (AvgIpc) is 2.80. The number of aliphatic imine (C=N–C) groups is 1. The quantitative estimate of drug-likeness (QED) is 0.286. The van der Waals surface area contributed by atoms with Gasteiger partial charge < -0.3 is 24.4 Å². The number of hydrogen-bond acceptors (Lipinski definition) is 4. The molecule has 2 fully saturated rings. The number of benzene rings is 1. The molecule has 176 valence electrons. The molecule has 1 atom stereocenters. The van der Waals surface area contributed by atoms with Gasteiger partial charge in [-0.2, -0.15) is 0 Å². The minimum atomic E-state index is 0. The first kappa shape index (κ1) is 26.2. The Hall–Kier alpha value is -1.06. The van der Waals surface area contributed by atoms with Gasteiger partial charge in [-0.3, -0.25) is 4.99 Å². The second-order valence-electron chi connectivity index (χ2n) is 8.23. The highest BCUT2D eigenvalue weighted by Crippen LogP contribution is 2.18. The third kappa shape index (κ3) is 9.14. The van der Waals surface area contributed by atoms with Crippen LogP contribution in [0.25, 0.3) is 0 Å². The topological polar surface area (TPSA) is 55.3 Å². The lowest BCUT2D eigenvalue weighted by Crippen LogP contribution is -2.47. The summed E-state index contributed by atoms with van der Waals surface area (Å²) >= 11 is 0. The molecule has 3 rings (SSSR count). The van der Waals surface area contributed by atoms with E-state index in [1.165, 1.54) is 18.4 Å². The summed E-state index contributed by atoms with van der Waals surface area (Å²) in [4.78, 5) is 6.84. The van der Waals surface area contributed by atoms with Crippen LogP contribution in [0.15, 0.2) is 29.3 Å². The predicted molar refractivity (Wildman–Crippen MR) is 137 cm³/mol. The highest BCUT2D eigenvalue weighted by atomic mass is 127. The van der Waals surface area contributed by atoms with Crippen LogP contribution in [0.1, 0.15) is 51.0 Å². The number of ether oxygens (including phenoxy) is 3. The number of likely N-dealkylation sites (tertiary alicyclic amines) is 1. The van der Waals surface area contributed by atoms with Crippen molar-refractivity contribution in [2.45, 2.75) is 64.1 Å². The Bertz CT molecular complexity index is 645. The van der Waals surface area contributed by atoms with Crippen molar-refractivity contribution in [3.8, 4) is 5.75 Å². The molecule has 0 aliphatic carbocycles. The van der Waals surface area contributed by atoms with Gasteiger partial charge in [0.05, 0.1) is 25.4 Å². The van der Waals surface area contributed by atoms with Crippen LogP contribution in [0, 0.1) is 0 Å². The van der Waals surface area contributed by atoms with E-state index in [2.05, 4.69) is 40.3 Å². The van der Waals surface area contributed by atoms with Crippen molar-refractivity contribution in [3.05, 3.63) is 29.8 Å². The van der Waals surface area contributed by atoms with E-state index >= 15 is 0 Å². The second kappa shape index (κ2) is 14.9. The van der Waals surface area contributed by atoms with Crippen molar-refractivity contribution in [2.75, 3.05) is 46.5 Å². The van der Waals surface area contributed by atoms with E-state index in [1.807, 2.05) is 13.1 Å². The fourth-order valence-corrected chi connectivity index (χ4v) is 4.08. The minimum Gasteiger partial charge on any atom is -0.494 e. The summed E-state index contributed by atoms with van der Waals surface area (Å²) < 4.78 is 17.7. The lowest BCUT2D eigenvalue weighted by atomic mass is 10.1. The van der Waals surface area contributed by atoms with Gasteiger partial charge in [-0.15, -0.1) is 24.0 Å². The minimum absolute atomic E-state index is 0. The molecule has 7 heteroatoms. The Balaban J connectivity index is 0.00000341. The number of nitrogens with zero attached hydrogens (tertiary/aromatic N) is 2.